The van der Waals surface area contributed by atoms with Crippen LogP contribution in [0, 0.1) is 0 Å². The first-order chi connectivity index (χ1) is 7.97. The number of hydrogen-bond donors (Lipinski definition) is 2. The lowest BCUT2D eigenvalue weighted by molar-refractivity contribution is -0.127. The van der Waals surface area contributed by atoms with E-state index < -0.39 is 0 Å². The Bertz CT molecular complexity index is 230. The summed E-state index contributed by atoms with van der Waals surface area (Å²) < 4.78 is 5.39. The summed E-state index contributed by atoms with van der Waals surface area (Å²) in [7, 11) is 0. The number of carbonyl (C=O) groups excluding carboxylic acids is 1. The molecule has 1 saturated heterocycles. The van der Waals surface area contributed by atoms with Gasteiger partial charge in [0.25, 0.3) is 0 Å². The van der Waals surface area contributed by atoms with Crippen LogP contribution in [-0.4, -0.2) is 37.2 Å². The summed E-state index contributed by atoms with van der Waals surface area (Å²) >= 11 is 0. The molecule has 0 aliphatic carbocycles. The molecule has 2 N–H and O–H groups in total. The zero-order valence-corrected chi connectivity index (χ0v) is 11.3. The van der Waals surface area contributed by atoms with Gasteiger partial charge in [0.05, 0.1) is 0 Å². The van der Waals surface area contributed by atoms with E-state index in [0.29, 0.717) is 12.6 Å². The second-order valence-electron chi connectivity index (χ2n) is 5.79. The molecular weight excluding hydrogens is 216 g/mol. The van der Waals surface area contributed by atoms with Crippen molar-refractivity contribution in [1.29, 1.82) is 0 Å². The van der Waals surface area contributed by atoms with E-state index in [4.69, 9.17) is 4.74 Å². The van der Waals surface area contributed by atoms with Gasteiger partial charge in [-0.05, 0) is 46.6 Å². The molecule has 0 aromatic rings. The molecule has 0 radical (unpaired) electrons. The molecule has 0 spiro atoms. The van der Waals surface area contributed by atoms with Crippen molar-refractivity contribution in [3.8, 4) is 0 Å². The van der Waals surface area contributed by atoms with E-state index in [1.165, 1.54) is 19.3 Å². The minimum atomic E-state index is -0.175. The fourth-order valence-corrected chi connectivity index (χ4v) is 2.02. The molecular formula is C13H26N2O2. The molecule has 1 atom stereocenters. The van der Waals surface area contributed by atoms with Crippen LogP contribution in [0.2, 0.25) is 0 Å². The molecule has 1 aliphatic heterocycles. The van der Waals surface area contributed by atoms with Crippen LogP contribution in [0.3, 0.4) is 0 Å². The van der Waals surface area contributed by atoms with Gasteiger partial charge in [-0.2, -0.15) is 0 Å². The lowest BCUT2D eigenvalue weighted by Crippen LogP contribution is -2.42. The monoisotopic (exact) mass is 242 g/mol. The molecule has 1 fully saturated rings. The van der Waals surface area contributed by atoms with Crippen LogP contribution in [-0.2, 0) is 9.53 Å². The van der Waals surface area contributed by atoms with Gasteiger partial charge >= 0.3 is 0 Å². The lowest BCUT2D eigenvalue weighted by Gasteiger charge is -2.23. The maximum atomic E-state index is 11.5. The molecule has 4 heteroatoms. The Labute approximate surface area is 104 Å². The SMILES string of the molecule is CC(C)(C)NC(=O)COCCC1CCCCN1. The number of amides is 1. The summed E-state index contributed by atoms with van der Waals surface area (Å²) in [4.78, 5) is 11.5. The average Bonchev–Trinajstić information content (AvgIpc) is 2.23. The molecule has 4 nitrogen and oxygen atoms in total. The third kappa shape index (κ3) is 7.34. The highest BCUT2D eigenvalue weighted by Crippen LogP contribution is 2.09. The zero-order chi connectivity index (χ0) is 12.7. The van der Waals surface area contributed by atoms with E-state index in [2.05, 4.69) is 10.6 Å². The van der Waals surface area contributed by atoms with Gasteiger partial charge in [0.15, 0.2) is 0 Å². The number of piperidine rings is 1. The van der Waals surface area contributed by atoms with Gasteiger partial charge in [0.2, 0.25) is 5.91 Å². The van der Waals surface area contributed by atoms with Crippen LogP contribution >= 0.6 is 0 Å². The van der Waals surface area contributed by atoms with Crippen LogP contribution in [0.25, 0.3) is 0 Å². The summed E-state index contributed by atoms with van der Waals surface area (Å²) in [5.74, 6) is -0.0332. The van der Waals surface area contributed by atoms with Gasteiger partial charge < -0.3 is 15.4 Å². The van der Waals surface area contributed by atoms with E-state index in [0.717, 1.165) is 13.0 Å². The summed E-state index contributed by atoms with van der Waals surface area (Å²) in [5.41, 5.74) is -0.175. The normalized spacial score (nSPS) is 21.2. The molecule has 1 rings (SSSR count). The summed E-state index contributed by atoms with van der Waals surface area (Å²) in [6.45, 7) is 7.86. The Kier molecular flexibility index (Phi) is 5.92. The minimum Gasteiger partial charge on any atom is -0.372 e. The first kappa shape index (κ1) is 14.5. The van der Waals surface area contributed by atoms with Crippen molar-refractivity contribution in [2.45, 2.75) is 58.0 Å². The van der Waals surface area contributed by atoms with Crippen molar-refractivity contribution in [3.63, 3.8) is 0 Å². The number of hydrogen-bond acceptors (Lipinski definition) is 3. The van der Waals surface area contributed by atoms with E-state index in [-0.39, 0.29) is 18.1 Å². The van der Waals surface area contributed by atoms with Crippen LogP contribution in [0.4, 0.5) is 0 Å². The minimum absolute atomic E-state index is 0.0332. The highest BCUT2D eigenvalue weighted by Gasteiger charge is 2.14. The Morgan fingerprint density at radius 2 is 2.18 bits per heavy atom. The van der Waals surface area contributed by atoms with E-state index in [9.17, 15) is 4.79 Å². The van der Waals surface area contributed by atoms with Crippen molar-refractivity contribution >= 4 is 5.91 Å². The largest absolute Gasteiger partial charge is 0.372 e. The van der Waals surface area contributed by atoms with Crippen molar-refractivity contribution in [2.24, 2.45) is 0 Å². The second-order valence-corrected chi connectivity index (χ2v) is 5.79. The van der Waals surface area contributed by atoms with E-state index in [1.54, 1.807) is 0 Å². The fourth-order valence-electron chi connectivity index (χ4n) is 2.02. The van der Waals surface area contributed by atoms with E-state index >= 15 is 0 Å². The third-order valence-corrected chi connectivity index (χ3v) is 2.77. The predicted octanol–water partition coefficient (Wildman–Crippen LogP) is 1.45. The zero-order valence-electron chi connectivity index (χ0n) is 11.3. The van der Waals surface area contributed by atoms with Gasteiger partial charge in [-0.3, -0.25) is 4.79 Å². The van der Waals surface area contributed by atoms with Crippen LogP contribution < -0.4 is 10.6 Å². The Morgan fingerprint density at radius 1 is 1.41 bits per heavy atom. The molecule has 1 amide bonds. The molecule has 0 aromatic carbocycles. The number of rotatable bonds is 5. The Morgan fingerprint density at radius 3 is 2.76 bits per heavy atom. The van der Waals surface area contributed by atoms with Crippen LogP contribution in [0.5, 0.6) is 0 Å². The lowest BCUT2D eigenvalue weighted by atomic mass is 10.0. The van der Waals surface area contributed by atoms with Gasteiger partial charge in [0.1, 0.15) is 6.61 Å². The molecule has 0 saturated carbocycles. The molecule has 100 valence electrons. The number of nitrogens with one attached hydrogen (secondary N) is 2. The van der Waals surface area contributed by atoms with Crippen LogP contribution in [0.15, 0.2) is 0 Å². The quantitative estimate of drug-likeness (QED) is 0.717. The topological polar surface area (TPSA) is 50.4 Å². The highest BCUT2D eigenvalue weighted by atomic mass is 16.5. The molecule has 0 aromatic heterocycles. The summed E-state index contributed by atoms with van der Waals surface area (Å²) in [5, 5.41) is 6.34. The number of carbonyl (C=O) groups is 1. The van der Waals surface area contributed by atoms with Gasteiger partial charge in [0, 0.05) is 18.2 Å². The Balaban J connectivity index is 2.01. The standard InChI is InChI=1S/C13H26N2O2/c1-13(2,3)15-12(16)10-17-9-7-11-6-4-5-8-14-11/h11,14H,4-10H2,1-3H3,(H,15,16). The smallest absolute Gasteiger partial charge is 0.246 e. The van der Waals surface area contributed by atoms with Crippen molar-refractivity contribution in [1.82, 2.24) is 10.6 Å². The molecule has 0 bridgehead atoms. The first-order valence-electron chi connectivity index (χ1n) is 6.59. The summed E-state index contributed by atoms with van der Waals surface area (Å²) in [6.07, 6.45) is 4.83. The highest BCUT2D eigenvalue weighted by molar-refractivity contribution is 5.77. The molecule has 1 heterocycles. The van der Waals surface area contributed by atoms with Crippen molar-refractivity contribution in [2.75, 3.05) is 19.8 Å². The van der Waals surface area contributed by atoms with Crippen molar-refractivity contribution in [3.05, 3.63) is 0 Å². The van der Waals surface area contributed by atoms with Gasteiger partial charge in [-0.1, -0.05) is 6.42 Å². The second kappa shape index (κ2) is 6.97. The van der Waals surface area contributed by atoms with Gasteiger partial charge in [-0.15, -0.1) is 0 Å². The number of ether oxygens (including phenoxy) is 1. The van der Waals surface area contributed by atoms with Crippen LogP contribution in [0.1, 0.15) is 46.5 Å². The van der Waals surface area contributed by atoms with Gasteiger partial charge in [-0.25, -0.2) is 0 Å². The predicted molar refractivity (Wildman–Crippen MR) is 69.0 cm³/mol. The third-order valence-electron chi connectivity index (χ3n) is 2.77. The molecule has 1 aliphatic rings. The fraction of sp³-hybridized carbons (Fsp3) is 0.923. The average molecular weight is 242 g/mol. The Hall–Kier alpha value is -0.610. The maximum Gasteiger partial charge on any atom is 0.246 e. The first-order valence-corrected chi connectivity index (χ1v) is 6.59. The molecule has 1 unspecified atom stereocenters. The molecule has 17 heavy (non-hydrogen) atoms. The summed E-state index contributed by atoms with van der Waals surface area (Å²) in [6, 6.07) is 0.578. The van der Waals surface area contributed by atoms with E-state index in [1.807, 2.05) is 20.8 Å². The van der Waals surface area contributed by atoms with Crippen molar-refractivity contribution < 1.29 is 9.53 Å². The maximum absolute atomic E-state index is 11.5.